The van der Waals surface area contributed by atoms with Gasteiger partial charge in [-0.3, -0.25) is 4.98 Å². The zero-order chi connectivity index (χ0) is 17.2. The molecule has 3 aromatic rings. The van der Waals surface area contributed by atoms with E-state index in [-0.39, 0.29) is 0 Å². The number of pyridine rings is 1. The zero-order valence-corrected chi connectivity index (χ0v) is 15.4. The second-order valence-electron chi connectivity index (χ2n) is 5.43. The van der Waals surface area contributed by atoms with Gasteiger partial charge in [-0.25, -0.2) is 4.98 Å². The molecule has 0 aliphatic heterocycles. The number of hydrogen-bond acceptors (Lipinski definition) is 4. The van der Waals surface area contributed by atoms with Crippen LogP contribution >= 0.6 is 27.5 Å². The fraction of sp³-hybridized carbons (Fsp3) is 0.0556. The van der Waals surface area contributed by atoms with Crippen LogP contribution in [0, 0.1) is 0 Å². The molecule has 0 saturated heterocycles. The summed E-state index contributed by atoms with van der Waals surface area (Å²) in [4.78, 5) is 8.87. The number of aromatic nitrogens is 4. The summed E-state index contributed by atoms with van der Waals surface area (Å²) >= 11 is 9.98. The normalized spacial score (nSPS) is 14.2. The Kier molecular flexibility index (Phi) is 4.38. The molecule has 0 atom stereocenters. The van der Waals surface area contributed by atoms with Crippen molar-refractivity contribution in [3.05, 3.63) is 76.3 Å². The molecule has 4 rings (SSSR count). The number of anilines is 2. The first-order valence-corrected chi connectivity index (χ1v) is 8.83. The molecule has 7 heteroatoms. The van der Waals surface area contributed by atoms with Crippen LogP contribution in [0.15, 0.2) is 70.6 Å². The monoisotopic (exact) mass is 413 g/mol. The molecular weight excluding hydrogens is 402 g/mol. The van der Waals surface area contributed by atoms with Crippen LogP contribution in [-0.2, 0) is 0 Å². The second-order valence-corrected chi connectivity index (χ2v) is 6.74. The van der Waals surface area contributed by atoms with Gasteiger partial charge in [0.1, 0.15) is 5.82 Å². The summed E-state index contributed by atoms with van der Waals surface area (Å²) < 4.78 is 2.56. The van der Waals surface area contributed by atoms with Gasteiger partial charge in [-0.2, -0.15) is 9.61 Å². The highest BCUT2D eigenvalue weighted by molar-refractivity contribution is 9.10. The fourth-order valence-electron chi connectivity index (χ4n) is 2.57. The number of allylic oxidation sites excluding steroid dienone is 6. The number of nitrogens with one attached hydrogen (secondary N) is 1. The van der Waals surface area contributed by atoms with E-state index in [2.05, 4.69) is 31.3 Å². The highest BCUT2D eigenvalue weighted by Crippen LogP contribution is 2.30. The maximum Gasteiger partial charge on any atom is 0.172 e. The van der Waals surface area contributed by atoms with Gasteiger partial charge in [-0.1, -0.05) is 35.9 Å². The minimum atomic E-state index is 0.683. The Morgan fingerprint density at radius 3 is 3.00 bits per heavy atom. The Labute approximate surface area is 157 Å². The lowest BCUT2D eigenvalue weighted by atomic mass is 10.1. The van der Waals surface area contributed by atoms with E-state index >= 15 is 0 Å². The number of rotatable bonds is 3. The molecule has 0 spiro atoms. The van der Waals surface area contributed by atoms with Gasteiger partial charge in [0.25, 0.3) is 0 Å². The molecule has 3 aromatic heterocycles. The molecule has 0 fully saturated rings. The van der Waals surface area contributed by atoms with Crippen molar-refractivity contribution in [1.29, 1.82) is 0 Å². The van der Waals surface area contributed by atoms with Gasteiger partial charge in [0.05, 0.1) is 28.2 Å². The molecule has 0 saturated carbocycles. The van der Waals surface area contributed by atoms with Crippen molar-refractivity contribution in [2.45, 2.75) is 6.42 Å². The third-order valence-corrected chi connectivity index (χ3v) is 4.66. The molecule has 0 radical (unpaired) electrons. The van der Waals surface area contributed by atoms with E-state index in [1.54, 1.807) is 23.1 Å². The van der Waals surface area contributed by atoms with Crippen LogP contribution in [0.2, 0.25) is 0 Å². The van der Waals surface area contributed by atoms with Gasteiger partial charge < -0.3 is 5.32 Å². The molecule has 1 N–H and O–H groups in total. The van der Waals surface area contributed by atoms with Gasteiger partial charge in [0, 0.05) is 29.3 Å². The average molecular weight is 415 g/mol. The van der Waals surface area contributed by atoms with Crippen LogP contribution in [0.5, 0.6) is 0 Å². The molecule has 0 unspecified atom stereocenters. The number of nitrogens with zero attached hydrogens (tertiary/aromatic N) is 4. The van der Waals surface area contributed by atoms with Crippen molar-refractivity contribution in [2.75, 3.05) is 5.32 Å². The molecule has 1 aliphatic rings. The number of hydrogen-bond donors (Lipinski definition) is 1. The summed E-state index contributed by atoms with van der Waals surface area (Å²) in [6.45, 7) is 0. The van der Waals surface area contributed by atoms with Gasteiger partial charge in [-0.15, -0.1) is 0 Å². The fourth-order valence-corrected chi connectivity index (χ4v) is 3.17. The lowest BCUT2D eigenvalue weighted by Crippen LogP contribution is -2.04. The highest BCUT2D eigenvalue weighted by Gasteiger charge is 2.14. The minimum Gasteiger partial charge on any atom is -0.339 e. The Hall–Kier alpha value is -2.44. The second kappa shape index (κ2) is 6.82. The van der Waals surface area contributed by atoms with E-state index in [9.17, 15) is 0 Å². The van der Waals surface area contributed by atoms with Gasteiger partial charge in [-0.05, 0) is 28.1 Å². The summed E-state index contributed by atoms with van der Waals surface area (Å²) in [6, 6.07) is 5.76. The van der Waals surface area contributed by atoms with Gasteiger partial charge in [0.15, 0.2) is 5.65 Å². The van der Waals surface area contributed by atoms with Crippen LogP contribution in [0.25, 0.3) is 11.2 Å². The Balaban J connectivity index is 1.88. The van der Waals surface area contributed by atoms with E-state index in [1.807, 2.05) is 42.5 Å². The SMILES string of the molecule is ClC1=C(c2cc(Nc3cccnc3)n3ncc(Br)c3n2)C=CC=CC1. The van der Waals surface area contributed by atoms with Crippen LogP contribution in [0.3, 0.4) is 0 Å². The topological polar surface area (TPSA) is 55.1 Å². The van der Waals surface area contributed by atoms with Crippen LogP contribution in [-0.4, -0.2) is 19.6 Å². The Bertz CT molecular complexity index is 1020. The third kappa shape index (κ3) is 3.23. The molecule has 0 aromatic carbocycles. The minimum absolute atomic E-state index is 0.683. The van der Waals surface area contributed by atoms with Crippen LogP contribution < -0.4 is 5.32 Å². The van der Waals surface area contributed by atoms with E-state index in [0.717, 1.165) is 32.3 Å². The van der Waals surface area contributed by atoms with E-state index in [1.165, 1.54) is 0 Å². The lowest BCUT2D eigenvalue weighted by molar-refractivity contribution is 0.943. The molecule has 5 nitrogen and oxygen atoms in total. The predicted molar refractivity (Wildman–Crippen MR) is 104 cm³/mol. The molecule has 1 aliphatic carbocycles. The first kappa shape index (κ1) is 16.1. The summed E-state index contributed by atoms with van der Waals surface area (Å²) in [5.41, 5.74) is 3.26. The quantitative estimate of drug-likeness (QED) is 0.648. The molecule has 3 heterocycles. The summed E-state index contributed by atoms with van der Waals surface area (Å²) in [5.74, 6) is 0.779. The Morgan fingerprint density at radius 1 is 1.24 bits per heavy atom. The largest absolute Gasteiger partial charge is 0.339 e. The number of fused-ring (bicyclic) bond motifs is 1. The van der Waals surface area contributed by atoms with Crippen molar-refractivity contribution in [1.82, 2.24) is 19.6 Å². The van der Waals surface area contributed by atoms with Crippen molar-refractivity contribution >= 4 is 50.3 Å². The predicted octanol–water partition coefficient (Wildman–Crippen LogP) is 5.10. The first-order chi connectivity index (χ1) is 12.2. The summed E-state index contributed by atoms with van der Waals surface area (Å²) in [6.07, 6.45) is 13.8. The van der Waals surface area contributed by atoms with Gasteiger partial charge in [0.2, 0.25) is 0 Å². The molecular formula is C18H13BrClN5. The molecule has 25 heavy (non-hydrogen) atoms. The summed E-state index contributed by atoms with van der Waals surface area (Å²) in [7, 11) is 0. The van der Waals surface area contributed by atoms with Crippen LogP contribution in [0.4, 0.5) is 11.5 Å². The van der Waals surface area contributed by atoms with Crippen LogP contribution in [0.1, 0.15) is 12.1 Å². The first-order valence-electron chi connectivity index (χ1n) is 7.66. The molecule has 124 valence electrons. The molecule has 0 amide bonds. The van der Waals surface area contributed by atoms with Crippen molar-refractivity contribution in [3.63, 3.8) is 0 Å². The van der Waals surface area contributed by atoms with Gasteiger partial charge >= 0.3 is 0 Å². The smallest absolute Gasteiger partial charge is 0.172 e. The molecule has 0 bridgehead atoms. The maximum absolute atomic E-state index is 6.47. The lowest BCUT2D eigenvalue weighted by Gasteiger charge is -2.12. The van der Waals surface area contributed by atoms with Crippen molar-refractivity contribution in [2.24, 2.45) is 0 Å². The highest BCUT2D eigenvalue weighted by atomic mass is 79.9. The van der Waals surface area contributed by atoms with E-state index in [4.69, 9.17) is 16.6 Å². The standard InChI is InChI=1S/C18H13BrClN5/c19-14-11-22-25-17(23-12-5-4-8-21-10-12)9-16(24-18(14)25)13-6-2-1-3-7-15(13)20/h1-6,8-11,23H,7H2. The maximum atomic E-state index is 6.47. The van der Waals surface area contributed by atoms with E-state index < -0.39 is 0 Å². The zero-order valence-electron chi connectivity index (χ0n) is 13.0. The third-order valence-electron chi connectivity index (χ3n) is 3.74. The van der Waals surface area contributed by atoms with E-state index in [0.29, 0.717) is 12.1 Å². The summed E-state index contributed by atoms with van der Waals surface area (Å²) in [5, 5.41) is 8.48. The average Bonchev–Trinajstić information content (AvgIpc) is 2.86. The Morgan fingerprint density at radius 2 is 2.16 bits per heavy atom. The van der Waals surface area contributed by atoms with Crippen molar-refractivity contribution < 1.29 is 0 Å². The number of halogens is 2. The van der Waals surface area contributed by atoms with Crippen molar-refractivity contribution in [3.8, 4) is 0 Å².